The third kappa shape index (κ3) is 3.60. The van der Waals surface area contributed by atoms with Gasteiger partial charge < -0.3 is 9.64 Å². The number of amides is 2. The average molecular weight is 258 g/mol. The zero-order chi connectivity index (χ0) is 13.6. The molecule has 0 atom stereocenters. The highest BCUT2D eigenvalue weighted by molar-refractivity contribution is 5.81. The van der Waals surface area contributed by atoms with Gasteiger partial charge in [0.2, 0.25) is 5.91 Å². The Kier molecular flexibility index (Phi) is 5.40. The van der Waals surface area contributed by atoms with Gasteiger partial charge in [-0.15, -0.1) is 0 Å². The first-order chi connectivity index (χ1) is 8.53. The summed E-state index contributed by atoms with van der Waals surface area (Å²) in [6.45, 7) is 5.23. The van der Waals surface area contributed by atoms with Gasteiger partial charge in [-0.1, -0.05) is 20.3 Å². The molecular formula is C12H22N2O4. The van der Waals surface area contributed by atoms with Crippen LogP contribution in [0.5, 0.6) is 0 Å². The van der Waals surface area contributed by atoms with Crippen LogP contribution in [-0.2, 0) is 9.53 Å². The van der Waals surface area contributed by atoms with Crippen LogP contribution < -0.4 is 5.48 Å². The maximum absolute atomic E-state index is 11.7. The molecule has 104 valence electrons. The van der Waals surface area contributed by atoms with E-state index in [-0.39, 0.29) is 12.0 Å². The Morgan fingerprint density at radius 2 is 2.00 bits per heavy atom. The number of hydrogen-bond acceptors (Lipinski definition) is 4. The Morgan fingerprint density at radius 3 is 2.50 bits per heavy atom. The second-order valence-electron chi connectivity index (χ2n) is 4.96. The molecule has 18 heavy (non-hydrogen) atoms. The summed E-state index contributed by atoms with van der Waals surface area (Å²) in [6.07, 6.45) is 2.60. The Hall–Kier alpha value is -1.30. The van der Waals surface area contributed by atoms with E-state index in [1.54, 1.807) is 17.3 Å². The summed E-state index contributed by atoms with van der Waals surface area (Å²) in [4.78, 5) is 24.8. The first-order valence-corrected chi connectivity index (χ1v) is 6.39. The van der Waals surface area contributed by atoms with Gasteiger partial charge in [0, 0.05) is 13.1 Å². The minimum atomic E-state index is -0.602. The molecule has 0 radical (unpaired) electrons. The van der Waals surface area contributed by atoms with Crippen molar-refractivity contribution < 1.29 is 19.5 Å². The molecule has 1 rings (SSSR count). The number of ether oxygens (including phenoxy) is 1. The lowest BCUT2D eigenvalue weighted by molar-refractivity contribution is -0.141. The fraction of sp³-hybridized carbons (Fsp3) is 0.833. The van der Waals surface area contributed by atoms with Gasteiger partial charge in [0.25, 0.3) is 0 Å². The fourth-order valence-electron chi connectivity index (χ4n) is 1.94. The van der Waals surface area contributed by atoms with Crippen molar-refractivity contribution in [1.29, 1.82) is 0 Å². The number of rotatable bonds is 4. The van der Waals surface area contributed by atoms with E-state index in [2.05, 4.69) is 0 Å². The summed E-state index contributed by atoms with van der Waals surface area (Å²) in [5.74, 6) is -0.387. The van der Waals surface area contributed by atoms with Crippen LogP contribution in [-0.4, -0.2) is 41.8 Å². The molecule has 6 nitrogen and oxygen atoms in total. The first kappa shape index (κ1) is 14.8. The van der Waals surface area contributed by atoms with Crippen LogP contribution in [0.4, 0.5) is 4.79 Å². The standard InChI is InChI=1S/C12H22N2O4/c1-3-4-9-18-11(16)14-7-5-12(2,6-8-14)10(15)13-17/h17H,3-9H2,1-2H3,(H,13,15). The zero-order valence-corrected chi connectivity index (χ0v) is 11.1. The predicted molar refractivity (Wildman–Crippen MR) is 65.1 cm³/mol. The van der Waals surface area contributed by atoms with Crippen LogP contribution in [0.1, 0.15) is 39.5 Å². The molecule has 0 unspecified atom stereocenters. The second-order valence-corrected chi connectivity index (χ2v) is 4.96. The van der Waals surface area contributed by atoms with Gasteiger partial charge in [0.15, 0.2) is 0 Å². The zero-order valence-electron chi connectivity index (χ0n) is 11.1. The van der Waals surface area contributed by atoms with Crippen molar-refractivity contribution in [2.45, 2.75) is 39.5 Å². The molecule has 6 heteroatoms. The monoisotopic (exact) mass is 258 g/mol. The van der Waals surface area contributed by atoms with E-state index >= 15 is 0 Å². The van der Waals surface area contributed by atoms with E-state index < -0.39 is 5.41 Å². The van der Waals surface area contributed by atoms with E-state index in [0.29, 0.717) is 32.5 Å². The summed E-state index contributed by atoms with van der Waals surface area (Å²) in [6, 6.07) is 0. The molecule has 2 N–H and O–H groups in total. The van der Waals surface area contributed by atoms with Crippen molar-refractivity contribution in [3.63, 3.8) is 0 Å². The lowest BCUT2D eigenvalue weighted by Gasteiger charge is -2.36. The molecule has 0 aromatic rings. The van der Waals surface area contributed by atoms with Gasteiger partial charge in [-0.2, -0.15) is 0 Å². The van der Waals surface area contributed by atoms with Crippen molar-refractivity contribution in [1.82, 2.24) is 10.4 Å². The molecule has 0 aromatic carbocycles. The summed E-state index contributed by atoms with van der Waals surface area (Å²) >= 11 is 0. The minimum absolute atomic E-state index is 0.310. The molecule has 2 amide bonds. The number of nitrogens with one attached hydrogen (secondary N) is 1. The molecule has 0 saturated carbocycles. The van der Waals surface area contributed by atoms with Gasteiger partial charge in [0.1, 0.15) is 0 Å². The Bertz CT molecular complexity index is 298. The Balaban J connectivity index is 2.39. The number of hydroxylamine groups is 1. The molecule has 0 aromatic heterocycles. The van der Waals surface area contributed by atoms with Crippen molar-refractivity contribution >= 4 is 12.0 Å². The number of carbonyl (C=O) groups is 2. The van der Waals surface area contributed by atoms with E-state index in [0.717, 1.165) is 12.8 Å². The van der Waals surface area contributed by atoms with Crippen molar-refractivity contribution in [3.8, 4) is 0 Å². The van der Waals surface area contributed by atoms with Crippen molar-refractivity contribution in [2.75, 3.05) is 19.7 Å². The molecule has 1 aliphatic rings. The summed E-state index contributed by atoms with van der Waals surface area (Å²) < 4.78 is 5.11. The number of piperidine rings is 1. The number of hydrogen-bond donors (Lipinski definition) is 2. The van der Waals surface area contributed by atoms with Crippen LogP contribution in [0.3, 0.4) is 0 Å². The molecule has 1 aliphatic heterocycles. The first-order valence-electron chi connectivity index (χ1n) is 6.39. The van der Waals surface area contributed by atoms with Crippen LogP contribution in [0.2, 0.25) is 0 Å². The smallest absolute Gasteiger partial charge is 0.409 e. The number of nitrogens with zero attached hydrogens (tertiary/aromatic N) is 1. The van der Waals surface area contributed by atoms with Crippen LogP contribution in [0.15, 0.2) is 0 Å². The average Bonchev–Trinajstić information content (AvgIpc) is 2.38. The van der Waals surface area contributed by atoms with Gasteiger partial charge in [-0.3, -0.25) is 10.0 Å². The third-order valence-electron chi connectivity index (χ3n) is 3.50. The quantitative estimate of drug-likeness (QED) is 0.455. The summed E-state index contributed by atoms with van der Waals surface area (Å²) in [7, 11) is 0. The predicted octanol–water partition coefficient (Wildman–Crippen LogP) is 1.53. The molecule has 0 spiro atoms. The molecule has 1 heterocycles. The van der Waals surface area contributed by atoms with Crippen LogP contribution in [0, 0.1) is 5.41 Å². The summed E-state index contributed by atoms with van der Waals surface area (Å²) in [5, 5.41) is 8.67. The fourth-order valence-corrected chi connectivity index (χ4v) is 1.94. The molecule has 0 aliphatic carbocycles. The van der Waals surface area contributed by atoms with Gasteiger partial charge >= 0.3 is 6.09 Å². The van der Waals surface area contributed by atoms with Gasteiger partial charge in [-0.05, 0) is 19.3 Å². The van der Waals surface area contributed by atoms with Crippen molar-refractivity contribution in [3.05, 3.63) is 0 Å². The highest BCUT2D eigenvalue weighted by atomic mass is 16.6. The summed E-state index contributed by atoms with van der Waals surface area (Å²) in [5.41, 5.74) is 1.09. The Morgan fingerprint density at radius 1 is 1.39 bits per heavy atom. The van der Waals surface area contributed by atoms with E-state index in [4.69, 9.17) is 9.94 Å². The van der Waals surface area contributed by atoms with E-state index in [1.807, 2.05) is 6.92 Å². The number of carbonyl (C=O) groups excluding carboxylic acids is 2. The minimum Gasteiger partial charge on any atom is -0.449 e. The lowest BCUT2D eigenvalue weighted by Crippen LogP contribution is -2.48. The third-order valence-corrected chi connectivity index (χ3v) is 3.50. The SMILES string of the molecule is CCCCOC(=O)N1CCC(C)(C(=O)NO)CC1. The van der Waals surface area contributed by atoms with Gasteiger partial charge in [-0.25, -0.2) is 10.3 Å². The second kappa shape index (κ2) is 6.58. The van der Waals surface area contributed by atoms with E-state index in [1.165, 1.54) is 0 Å². The maximum Gasteiger partial charge on any atom is 0.409 e. The maximum atomic E-state index is 11.7. The lowest BCUT2D eigenvalue weighted by atomic mass is 9.80. The molecular weight excluding hydrogens is 236 g/mol. The Labute approximate surface area is 107 Å². The molecule has 0 bridgehead atoms. The highest BCUT2D eigenvalue weighted by Crippen LogP contribution is 2.31. The van der Waals surface area contributed by atoms with E-state index in [9.17, 15) is 9.59 Å². The molecule has 1 fully saturated rings. The van der Waals surface area contributed by atoms with Crippen LogP contribution in [0.25, 0.3) is 0 Å². The van der Waals surface area contributed by atoms with Crippen molar-refractivity contribution in [2.24, 2.45) is 5.41 Å². The molecule has 1 saturated heterocycles. The highest BCUT2D eigenvalue weighted by Gasteiger charge is 2.38. The van der Waals surface area contributed by atoms with Crippen LogP contribution >= 0.6 is 0 Å². The number of unbranched alkanes of at least 4 members (excludes halogenated alkanes) is 1. The topological polar surface area (TPSA) is 78.9 Å². The number of likely N-dealkylation sites (tertiary alicyclic amines) is 1. The van der Waals surface area contributed by atoms with Gasteiger partial charge in [0.05, 0.1) is 12.0 Å². The normalized spacial score (nSPS) is 18.3. The largest absolute Gasteiger partial charge is 0.449 e.